The smallest absolute Gasteiger partial charge is 0.231 e. The quantitative estimate of drug-likeness (QED) is 0.544. The predicted octanol–water partition coefficient (Wildman–Crippen LogP) is 6.08. The second-order valence-corrected chi connectivity index (χ2v) is 10.5. The average molecular weight is 450 g/mol. The van der Waals surface area contributed by atoms with Gasteiger partial charge in [0.15, 0.2) is 5.78 Å². The Hall–Kier alpha value is -2.46. The number of Topliss-reactive ketones (excluding diaryl/α,β-unsaturated/α-hetero) is 1. The first kappa shape index (κ1) is 25.2. The van der Waals surface area contributed by atoms with Crippen LogP contribution in [0.15, 0.2) is 36.4 Å². The van der Waals surface area contributed by atoms with Gasteiger partial charge in [0.1, 0.15) is 0 Å². The van der Waals surface area contributed by atoms with E-state index in [0.29, 0.717) is 12.3 Å². The van der Waals surface area contributed by atoms with E-state index in [9.17, 15) is 14.7 Å². The van der Waals surface area contributed by atoms with Crippen molar-refractivity contribution >= 4 is 17.4 Å². The van der Waals surface area contributed by atoms with E-state index >= 15 is 0 Å². The maximum atomic E-state index is 12.8. The van der Waals surface area contributed by atoms with Crippen molar-refractivity contribution in [2.75, 3.05) is 11.9 Å². The molecule has 1 saturated carbocycles. The van der Waals surface area contributed by atoms with E-state index in [2.05, 4.69) is 19.9 Å². The molecule has 2 aromatic rings. The van der Waals surface area contributed by atoms with E-state index in [-0.39, 0.29) is 17.6 Å². The average Bonchev–Trinajstić information content (AvgIpc) is 3.57. The number of anilines is 1. The number of benzene rings is 2. The van der Waals surface area contributed by atoms with Crippen LogP contribution in [0.2, 0.25) is 0 Å². The van der Waals surface area contributed by atoms with Gasteiger partial charge in [-0.15, -0.1) is 0 Å². The normalized spacial score (nSPS) is 16.4. The van der Waals surface area contributed by atoms with Gasteiger partial charge >= 0.3 is 0 Å². The molecule has 1 atom stereocenters. The van der Waals surface area contributed by atoms with Gasteiger partial charge in [-0.25, -0.2) is 0 Å². The Morgan fingerprint density at radius 1 is 1.15 bits per heavy atom. The number of aliphatic hydroxyl groups is 1. The number of hydrogen-bond donors (Lipinski definition) is 1. The van der Waals surface area contributed by atoms with Gasteiger partial charge in [0.25, 0.3) is 0 Å². The summed E-state index contributed by atoms with van der Waals surface area (Å²) < 4.78 is 0. The molecule has 0 bridgehead atoms. The van der Waals surface area contributed by atoms with Crippen molar-refractivity contribution in [1.29, 1.82) is 0 Å². The molecule has 1 N–H and O–H groups in total. The third kappa shape index (κ3) is 5.55. The van der Waals surface area contributed by atoms with Gasteiger partial charge in [-0.05, 0) is 79.3 Å². The summed E-state index contributed by atoms with van der Waals surface area (Å²) in [5, 5.41) is 9.50. The lowest BCUT2D eigenvalue weighted by Crippen LogP contribution is -2.29. The number of ketones is 1. The lowest BCUT2D eigenvalue weighted by atomic mass is 9.87. The van der Waals surface area contributed by atoms with Crippen molar-refractivity contribution < 1.29 is 14.7 Å². The minimum atomic E-state index is -0.457. The fraction of sp³-hybridized carbons (Fsp3) is 0.517. The highest BCUT2D eigenvalue weighted by Gasteiger charge is 2.36. The Labute approximate surface area is 199 Å². The number of aryl methyl sites for hydroxylation is 1. The minimum Gasteiger partial charge on any atom is -0.390 e. The van der Waals surface area contributed by atoms with Crippen LogP contribution in [0.5, 0.6) is 0 Å². The second kappa shape index (κ2) is 9.80. The van der Waals surface area contributed by atoms with Crippen molar-refractivity contribution in [1.82, 2.24) is 0 Å². The molecule has 4 heteroatoms. The molecule has 2 aliphatic rings. The number of amides is 1. The third-order valence-corrected chi connectivity index (χ3v) is 7.21. The summed E-state index contributed by atoms with van der Waals surface area (Å²) >= 11 is 0. The van der Waals surface area contributed by atoms with Crippen LogP contribution in [0.1, 0.15) is 75.9 Å². The van der Waals surface area contributed by atoms with Crippen molar-refractivity contribution in [3.63, 3.8) is 0 Å². The molecule has 0 radical (unpaired) electrons. The topological polar surface area (TPSA) is 57.6 Å². The molecule has 1 aliphatic carbocycles. The Kier molecular flexibility index (Phi) is 7.48. The van der Waals surface area contributed by atoms with Crippen LogP contribution in [0, 0.1) is 17.8 Å². The molecule has 0 aromatic heterocycles. The predicted molar refractivity (Wildman–Crippen MR) is 136 cm³/mol. The molecule has 0 spiro atoms. The van der Waals surface area contributed by atoms with E-state index < -0.39 is 5.60 Å². The molecular formula is C29H39NO3. The summed E-state index contributed by atoms with van der Waals surface area (Å²) in [6.07, 6.45) is 3.91. The minimum absolute atomic E-state index is 0.0430. The van der Waals surface area contributed by atoms with E-state index in [4.69, 9.17) is 0 Å². The number of carbonyl (C=O) groups is 2. The van der Waals surface area contributed by atoms with Crippen molar-refractivity contribution in [2.45, 2.75) is 72.8 Å². The SMILES string of the molecule is CC(C1CC1)C(C)(C)O.CCc1cccc(-c2ccc3c(c2)CC(=O)N3C)c1C(=O)C(C)C. The Bertz CT molecular complexity index is 1030. The van der Waals surface area contributed by atoms with E-state index in [1.165, 1.54) is 12.8 Å². The van der Waals surface area contributed by atoms with Crippen LogP contribution in [0.3, 0.4) is 0 Å². The first-order valence-corrected chi connectivity index (χ1v) is 12.2. The molecule has 1 heterocycles. The molecule has 1 unspecified atom stereocenters. The zero-order valence-corrected chi connectivity index (χ0v) is 21.2. The molecule has 178 valence electrons. The number of likely N-dealkylation sites (N-methyl/N-ethyl adjacent to an activating group) is 1. The summed E-state index contributed by atoms with van der Waals surface area (Å²) in [6, 6.07) is 12.1. The fourth-order valence-electron chi connectivity index (χ4n) is 4.53. The van der Waals surface area contributed by atoms with Gasteiger partial charge in [0, 0.05) is 24.2 Å². The maximum absolute atomic E-state index is 12.8. The van der Waals surface area contributed by atoms with Crippen molar-refractivity contribution in [3.05, 3.63) is 53.1 Å². The summed E-state index contributed by atoms with van der Waals surface area (Å²) in [5.74, 6) is 1.54. The van der Waals surface area contributed by atoms with Crippen LogP contribution in [0.4, 0.5) is 5.69 Å². The number of rotatable bonds is 6. The second-order valence-electron chi connectivity index (χ2n) is 10.5. The highest BCUT2D eigenvalue weighted by Crippen LogP contribution is 2.41. The van der Waals surface area contributed by atoms with E-state index in [0.717, 1.165) is 45.8 Å². The zero-order chi connectivity index (χ0) is 24.5. The molecule has 33 heavy (non-hydrogen) atoms. The van der Waals surface area contributed by atoms with E-state index in [1.54, 1.807) is 11.9 Å². The Morgan fingerprint density at radius 2 is 1.82 bits per heavy atom. The van der Waals surface area contributed by atoms with Gasteiger partial charge < -0.3 is 10.0 Å². The molecule has 0 saturated heterocycles. The van der Waals surface area contributed by atoms with Gasteiger partial charge in [-0.3, -0.25) is 9.59 Å². The largest absolute Gasteiger partial charge is 0.390 e. The standard InChI is InChI=1S/C21H23NO2.C8H16O/c1-5-14-7-6-8-17(20(14)21(24)13(2)3)15-9-10-18-16(11-15)12-19(23)22(18)4;1-6(7-4-5-7)8(2,3)9/h6-11,13H,5,12H2,1-4H3;6-7,9H,4-5H2,1-3H3. The molecule has 1 aliphatic heterocycles. The van der Waals surface area contributed by atoms with Gasteiger partial charge in [0.2, 0.25) is 5.91 Å². The fourth-order valence-corrected chi connectivity index (χ4v) is 4.53. The van der Waals surface area contributed by atoms with Crippen LogP contribution < -0.4 is 4.90 Å². The Balaban J connectivity index is 0.000000286. The van der Waals surface area contributed by atoms with Crippen LogP contribution in [-0.4, -0.2) is 29.4 Å². The van der Waals surface area contributed by atoms with Crippen molar-refractivity contribution in [3.8, 4) is 11.1 Å². The number of carbonyl (C=O) groups excluding carboxylic acids is 2. The summed E-state index contributed by atoms with van der Waals surface area (Å²) in [6.45, 7) is 11.9. The van der Waals surface area contributed by atoms with Crippen molar-refractivity contribution in [2.24, 2.45) is 17.8 Å². The molecular weight excluding hydrogens is 410 g/mol. The van der Waals surface area contributed by atoms with Gasteiger partial charge in [0.05, 0.1) is 12.0 Å². The maximum Gasteiger partial charge on any atom is 0.231 e. The van der Waals surface area contributed by atoms with Crippen LogP contribution in [0.25, 0.3) is 11.1 Å². The highest BCUT2D eigenvalue weighted by atomic mass is 16.3. The summed E-state index contributed by atoms with van der Waals surface area (Å²) in [5.41, 5.74) is 5.43. The molecule has 4 nitrogen and oxygen atoms in total. The van der Waals surface area contributed by atoms with Crippen LogP contribution in [-0.2, 0) is 17.6 Å². The van der Waals surface area contributed by atoms with Gasteiger partial charge in [-0.1, -0.05) is 52.0 Å². The first-order valence-electron chi connectivity index (χ1n) is 12.2. The lowest BCUT2D eigenvalue weighted by Gasteiger charge is -2.25. The first-order chi connectivity index (χ1) is 15.5. The number of hydrogen-bond acceptors (Lipinski definition) is 3. The third-order valence-electron chi connectivity index (χ3n) is 7.21. The Morgan fingerprint density at radius 3 is 2.33 bits per heavy atom. The molecule has 4 rings (SSSR count). The van der Waals surface area contributed by atoms with Crippen LogP contribution >= 0.6 is 0 Å². The summed E-state index contributed by atoms with van der Waals surface area (Å²) in [7, 11) is 1.80. The molecule has 1 fully saturated rings. The molecule has 1 amide bonds. The highest BCUT2D eigenvalue weighted by molar-refractivity contribution is 6.06. The number of nitrogens with zero attached hydrogens (tertiary/aromatic N) is 1. The molecule has 2 aromatic carbocycles. The monoisotopic (exact) mass is 449 g/mol. The van der Waals surface area contributed by atoms with E-state index in [1.807, 2.05) is 58.0 Å². The van der Waals surface area contributed by atoms with Gasteiger partial charge in [-0.2, -0.15) is 0 Å². The lowest BCUT2D eigenvalue weighted by molar-refractivity contribution is -0.117. The summed E-state index contributed by atoms with van der Waals surface area (Å²) in [4.78, 5) is 26.4. The number of fused-ring (bicyclic) bond motifs is 1. The zero-order valence-electron chi connectivity index (χ0n) is 21.2.